The third kappa shape index (κ3) is 4.27. The van der Waals surface area contributed by atoms with Crippen LogP contribution in [0.15, 0.2) is 22.8 Å². The number of amides is 2. The quantitative estimate of drug-likeness (QED) is 0.852. The minimum atomic E-state index is -2.97. The predicted molar refractivity (Wildman–Crippen MR) is 70.6 cm³/mol. The summed E-state index contributed by atoms with van der Waals surface area (Å²) in [6.45, 7) is 1.87. The number of sulfone groups is 1. The second kappa shape index (κ2) is 5.64. The second-order valence-electron chi connectivity index (χ2n) is 4.90. The Morgan fingerprint density at radius 2 is 2.37 bits per heavy atom. The topological polar surface area (TPSA) is 88.4 Å². The van der Waals surface area contributed by atoms with Crippen LogP contribution >= 0.6 is 0 Å². The molecule has 0 spiro atoms. The van der Waals surface area contributed by atoms with Crippen molar-refractivity contribution >= 4 is 15.9 Å². The van der Waals surface area contributed by atoms with E-state index in [4.69, 9.17) is 4.42 Å². The minimum Gasteiger partial charge on any atom is -0.469 e. The van der Waals surface area contributed by atoms with Gasteiger partial charge < -0.3 is 15.1 Å². The van der Waals surface area contributed by atoms with Gasteiger partial charge in [-0.25, -0.2) is 13.2 Å². The van der Waals surface area contributed by atoms with Crippen molar-refractivity contribution in [2.24, 2.45) is 0 Å². The molecule has 0 aliphatic carbocycles. The molecule has 1 aliphatic rings. The molecule has 0 unspecified atom stereocenters. The maximum atomic E-state index is 11.7. The van der Waals surface area contributed by atoms with Gasteiger partial charge in [-0.05, 0) is 25.5 Å². The van der Waals surface area contributed by atoms with E-state index in [1.54, 1.807) is 12.3 Å². The third-order valence-corrected chi connectivity index (χ3v) is 4.80. The van der Waals surface area contributed by atoms with Crippen molar-refractivity contribution in [1.29, 1.82) is 0 Å². The lowest BCUT2D eigenvalue weighted by atomic mass is 10.2. The van der Waals surface area contributed by atoms with Gasteiger partial charge in [-0.3, -0.25) is 0 Å². The largest absolute Gasteiger partial charge is 0.469 e. The Hall–Kier alpha value is -1.50. The van der Waals surface area contributed by atoms with Crippen molar-refractivity contribution < 1.29 is 17.6 Å². The molecule has 7 heteroatoms. The molecule has 2 heterocycles. The number of carbonyl (C=O) groups excluding carboxylic acids is 1. The van der Waals surface area contributed by atoms with E-state index in [0.29, 0.717) is 12.8 Å². The fourth-order valence-corrected chi connectivity index (χ4v) is 3.81. The van der Waals surface area contributed by atoms with Gasteiger partial charge in [-0.2, -0.15) is 0 Å². The van der Waals surface area contributed by atoms with E-state index in [1.807, 2.05) is 13.0 Å². The fourth-order valence-electron chi connectivity index (χ4n) is 2.14. The van der Waals surface area contributed by atoms with Gasteiger partial charge in [0.2, 0.25) is 0 Å². The number of nitrogens with one attached hydrogen (secondary N) is 2. The summed E-state index contributed by atoms with van der Waals surface area (Å²) in [5.41, 5.74) is 0. The first-order chi connectivity index (χ1) is 8.94. The molecule has 2 atom stereocenters. The zero-order valence-corrected chi connectivity index (χ0v) is 11.6. The SMILES string of the molecule is C[C@@H](Cc1ccco1)NC(=O)N[C@H]1CCS(=O)(=O)C1. The highest BCUT2D eigenvalue weighted by molar-refractivity contribution is 7.91. The van der Waals surface area contributed by atoms with Crippen LogP contribution in [0.25, 0.3) is 0 Å². The number of hydrogen-bond donors (Lipinski definition) is 2. The average Bonchev–Trinajstić information content (AvgIpc) is 2.88. The molecule has 6 nitrogen and oxygen atoms in total. The lowest BCUT2D eigenvalue weighted by molar-refractivity contribution is 0.234. The van der Waals surface area contributed by atoms with Crippen LogP contribution in [0.5, 0.6) is 0 Å². The fraction of sp³-hybridized carbons (Fsp3) is 0.583. The van der Waals surface area contributed by atoms with Gasteiger partial charge in [0, 0.05) is 18.5 Å². The lowest BCUT2D eigenvalue weighted by Gasteiger charge is -2.16. The Morgan fingerprint density at radius 3 is 2.95 bits per heavy atom. The van der Waals surface area contributed by atoms with Gasteiger partial charge in [-0.15, -0.1) is 0 Å². The van der Waals surface area contributed by atoms with Crippen LogP contribution < -0.4 is 10.6 Å². The third-order valence-electron chi connectivity index (χ3n) is 3.03. The number of furan rings is 1. The number of urea groups is 1. The lowest BCUT2D eigenvalue weighted by Crippen LogP contribution is -2.46. The summed E-state index contributed by atoms with van der Waals surface area (Å²) in [6.07, 6.45) is 2.68. The summed E-state index contributed by atoms with van der Waals surface area (Å²) in [6, 6.07) is 2.96. The molecule has 0 aromatic carbocycles. The first-order valence-corrected chi connectivity index (χ1v) is 8.06. The number of hydrogen-bond acceptors (Lipinski definition) is 4. The summed E-state index contributed by atoms with van der Waals surface area (Å²) in [4.78, 5) is 11.7. The highest BCUT2D eigenvalue weighted by Gasteiger charge is 2.29. The molecule has 2 N–H and O–H groups in total. The smallest absolute Gasteiger partial charge is 0.315 e. The summed E-state index contributed by atoms with van der Waals surface area (Å²) in [7, 11) is -2.97. The molecule has 2 rings (SSSR count). The van der Waals surface area contributed by atoms with Gasteiger partial charge in [0.25, 0.3) is 0 Å². The highest BCUT2D eigenvalue weighted by atomic mass is 32.2. The maximum absolute atomic E-state index is 11.7. The van der Waals surface area contributed by atoms with Crippen molar-refractivity contribution in [1.82, 2.24) is 10.6 Å². The monoisotopic (exact) mass is 286 g/mol. The first kappa shape index (κ1) is 13.9. The standard InChI is InChI=1S/C12H18N2O4S/c1-9(7-11-3-2-5-18-11)13-12(15)14-10-4-6-19(16,17)8-10/h2-3,5,9-10H,4,6-8H2,1H3,(H2,13,14,15)/t9-,10-/m0/s1. The summed E-state index contributed by atoms with van der Waals surface area (Å²) in [5.74, 6) is 0.989. The number of carbonyl (C=O) groups is 1. The molecular weight excluding hydrogens is 268 g/mol. The summed E-state index contributed by atoms with van der Waals surface area (Å²) >= 11 is 0. The van der Waals surface area contributed by atoms with E-state index in [-0.39, 0.29) is 29.6 Å². The van der Waals surface area contributed by atoms with Crippen LogP contribution in [0.1, 0.15) is 19.1 Å². The van der Waals surface area contributed by atoms with E-state index in [1.165, 1.54) is 0 Å². The van der Waals surface area contributed by atoms with Crippen molar-refractivity contribution in [2.75, 3.05) is 11.5 Å². The van der Waals surface area contributed by atoms with Gasteiger partial charge in [0.05, 0.1) is 17.8 Å². The van der Waals surface area contributed by atoms with Crippen molar-refractivity contribution in [3.8, 4) is 0 Å². The minimum absolute atomic E-state index is 0.0347. The molecule has 1 aromatic rings. The van der Waals surface area contributed by atoms with E-state index >= 15 is 0 Å². The van der Waals surface area contributed by atoms with Crippen LogP contribution in [0.3, 0.4) is 0 Å². The summed E-state index contributed by atoms with van der Waals surface area (Å²) < 4.78 is 27.7. The van der Waals surface area contributed by atoms with Crippen LogP contribution in [0, 0.1) is 0 Å². The molecular formula is C12H18N2O4S. The van der Waals surface area contributed by atoms with Crippen LogP contribution in [0.4, 0.5) is 4.79 Å². The molecule has 1 aromatic heterocycles. The Kier molecular flexibility index (Phi) is 4.14. The first-order valence-electron chi connectivity index (χ1n) is 6.24. The van der Waals surface area contributed by atoms with Crippen molar-refractivity contribution in [2.45, 2.75) is 31.8 Å². The zero-order valence-electron chi connectivity index (χ0n) is 10.8. The Balaban J connectivity index is 1.75. The molecule has 1 saturated heterocycles. The van der Waals surface area contributed by atoms with E-state index in [9.17, 15) is 13.2 Å². The molecule has 19 heavy (non-hydrogen) atoms. The number of rotatable bonds is 4. The Labute approximate surface area is 112 Å². The van der Waals surface area contributed by atoms with Crippen LogP contribution in [-0.2, 0) is 16.3 Å². The van der Waals surface area contributed by atoms with Gasteiger partial charge >= 0.3 is 6.03 Å². The van der Waals surface area contributed by atoms with Crippen LogP contribution in [0.2, 0.25) is 0 Å². The van der Waals surface area contributed by atoms with E-state index in [2.05, 4.69) is 10.6 Å². The molecule has 0 bridgehead atoms. The second-order valence-corrected chi connectivity index (χ2v) is 7.13. The molecule has 106 valence electrons. The molecule has 1 aliphatic heterocycles. The van der Waals surface area contributed by atoms with E-state index in [0.717, 1.165) is 5.76 Å². The maximum Gasteiger partial charge on any atom is 0.315 e. The molecule has 0 radical (unpaired) electrons. The molecule has 1 fully saturated rings. The van der Waals surface area contributed by atoms with Gasteiger partial charge in [-0.1, -0.05) is 0 Å². The Morgan fingerprint density at radius 1 is 1.58 bits per heavy atom. The van der Waals surface area contributed by atoms with E-state index < -0.39 is 9.84 Å². The van der Waals surface area contributed by atoms with Crippen molar-refractivity contribution in [3.05, 3.63) is 24.2 Å². The van der Waals surface area contributed by atoms with Gasteiger partial charge in [0.15, 0.2) is 9.84 Å². The zero-order chi connectivity index (χ0) is 13.9. The van der Waals surface area contributed by atoms with Crippen molar-refractivity contribution in [3.63, 3.8) is 0 Å². The molecule has 0 saturated carbocycles. The highest BCUT2D eigenvalue weighted by Crippen LogP contribution is 2.11. The van der Waals surface area contributed by atoms with Gasteiger partial charge in [0.1, 0.15) is 5.76 Å². The molecule has 2 amide bonds. The van der Waals surface area contributed by atoms with Crippen LogP contribution in [-0.4, -0.2) is 38.0 Å². The predicted octanol–water partition coefficient (Wildman–Crippen LogP) is 0.697. The normalized spacial score (nSPS) is 22.9. The Bertz CT molecular complexity index is 524. The average molecular weight is 286 g/mol. The summed E-state index contributed by atoms with van der Waals surface area (Å²) in [5, 5.41) is 5.45.